The maximum atomic E-state index is 5.62. The molecule has 0 spiro atoms. The largest absolute Gasteiger partial charge is 0.501 e. The van der Waals surface area contributed by atoms with Gasteiger partial charge in [-0.3, -0.25) is 0 Å². The zero-order chi connectivity index (χ0) is 20.1. The van der Waals surface area contributed by atoms with E-state index in [2.05, 4.69) is 45.0 Å². The molecule has 152 valence electrons. The summed E-state index contributed by atoms with van der Waals surface area (Å²) in [5.74, 6) is 0.523. The van der Waals surface area contributed by atoms with Gasteiger partial charge >= 0.3 is 0 Å². The molecule has 0 fully saturated rings. The van der Waals surface area contributed by atoms with Gasteiger partial charge < -0.3 is 18.9 Å². The Kier molecular flexibility index (Phi) is 11.5. The average Bonchev–Trinajstić information content (AvgIpc) is 2.63. The highest BCUT2D eigenvalue weighted by Crippen LogP contribution is 2.20. The fraction of sp³-hybridized carbons (Fsp3) is 0.565. The van der Waals surface area contributed by atoms with Crippen molar-refractivity contribution in [2.24, 2.45) is 5.92 Å². The second-order valence-electron chi connectivity index (χ2n) is 7.31. The van der Waals surface area contributed by atoms with Crippen molar-refractivity contribution in [1.82, 2.24) is 0 Å². The van der Waals surface area contributed by atoms with Gasteiger partial charge in [-0.05, 0) is 62.0 Å². The van der Waals surface area contributed by atoms with Crippen LogP contribution in [0.5, 0.6) is 0 Å². The molecule has 0 bridgehead atoms. The molecule has 4 nitrogen and oxygen atoms in total. The summed E-state index contributed by atoms with van der Waals surface area (Å²) in [6, 6.07) is 8.38. The van der Waals surface area contributed by atoms with Gasteiger partial charge in [0.1, 0.15) is 6.61 Å². The first-order valence-electron chi connectivity index (χ1n) is 9.77. The van der Waals surface area contributed by atoms with E-state index in [1.54, 1.807) is 6.26 Å². The number of hydrogen-bond acceptors (Lipinski definition) is 4. The molecule has 0 radical (unpaired) electrons. The number of rotatable bonds is 13. The number of benzene rings is 1. The van der Waals surface area contributed by atoms with Crippen molar-refractivity contribution >= 4 is 11.1 Å². The highest BCUT2D eigenvalue weighted by molar-refractivity contribution is 5.70. The molecule has 1 aromatic carbocycles. The monoisotopic (exact) mass is 376 g/mol. The van der Waals surface area contributed by atoms with Crippen LogP contribution in [0.15, 0.2) is 36.8 Å². The van der Waals surface area contributed by atoms with Gasteiger partial charge in [-0.2, -0.15) is 0 Å². The molecule has 0 aromatic heterocycles. The molecule has 4 heteroatoms. The average molecular weight is 377 g/mol. The molecule has 0 saturated carbocycles. The molecule has 0 atom stereocenters. The molecule has 0 unspecified atom stereocenters. The zero-order valence-corrected chi connectivity index (χ0v) is 17.8. The lowest BCUT2D eigenvalue weighted by Gasteiger charge is -2.09. The lowest BCUT2D eigenvalue weighted by Crippen LogP contribution is -2.11. The third-order valence-electron chi connectivity index (χ3n) is 3.75. The van der Waals surface area contributed by atoms with Gasteiger partial charge in [0, 0.05) is 0 Å². The van der Waals surface area contributed by atoms with Gasteiger partial charge in [-0.1, -0.05) is 32.0 Å². The van der Waals surface area contributed by atoms with E-state index in [0.29, 0.717) is 32.3 Å². The second kappa shape index (κ2) is 13.4. The minimum atomic E-state index is 0.242. The van der Waals surface area contributed by atoms with Crippen molar-refractivity contribution in [1.29, 1.82) is 0 Å². The summed E-state index contributed by atoms with van der Waals surface area (Å²) in [7, 11) is 0. The van der Waals surface area contributed by atoms with Crippen LogP contribution in [0.2, 0.25) is 0 Å². The van der Waals surface area contributed by atoms with Crippen LogP contribution in [0.4, 0.5) is 0 Å². The van der Waals surface area contributed by atoms with Crippen molar-refractivity contribution < 1.29 is 18.9 Å². The van der Waals surface area contributed by atoms with Crippen LogP contribution in [0, 0.1) is 5.92 Å². The quantitative estimate of drug-likeness (QED) is 0.335. The Balaban J connectivity index is 2.43. The summed E-state index contributed by atoms with van der Waals surface area (Å²) in [4.78, 5) is 0. The summed E-state index contributed by atoms with van der Waals surface area (Å²) in [6.45, 7) is 15.5. The minimum absolute atomic E-state index is 0.242. The van der Waals surface area contributed by atoms with Crippen molar-refractivity contribution in [3.63, 3.8) is 0 Å². The van der Waals surface area contributed by atoms with E-state index < -0.39 is 0 Å². The predicted molar refractivity (Wildman–Crippen MR) is 112 cm³/mol. The summed E-state index contributed by atoms with van der Waals surface area (Å²) < 4.78 is 22.1. The predicted octanol–water partition coefficient (Wildman–Crippen LogP) is 5.54. The lowest BCUT2D eigenvalue weighted by atomic mass is 10.0. The number of hydrogen-bond donors (Lipinski definition) is 0. The molecule has 1 rings (SSSR count). The van der Waals surface area contributed by atoms with E-state index in [4.69, 9.17) is 18.9 Å². The normalized spacial score (nSPS) is 12.7. The first-order chi connectivity index (χ1) is 12.9. The Morgan fingerprint density at radius 2 is 1.44 bits per heavy atom. The van der Waals surface area contributed by atoms with E-state index in [9.17, 15) is 0 Å². The first kappa shape index (κ1) is 23.3. The molecule has 0 aliphatic rings. The van der Waals surface area contributed by atoms with Crippen molar-refractivity contribution in [3.05, 3.63) is 47.9 Å². The molecular weight excluding hydrogens is 340 g/mol. The molecule has 1 aromatic rings. The Morgan fingerprint density at radius 3 is 2.04 bits per heavy atom. The zero-order valence-electron chi connectivity index (χ0n) is 17.8. The Hall–Kier alpha value is -1.78. The van der Waals surface area contributed by atoms with Gasteiger partial charge in [-0.25, -0.2) is 0 Å². The van der Waals surface area contributed by atoms with Crippen molar-refractivity contribution in [2.75, 3.05) is 33.0 Å². The molecular formula is C23H36O4. The summed E-state index contributed by atoms with van der Waals surface area (Å²) in [5.41, 5.74) is 4.48. The fourth-order valence-corrected chi connectivity index (χ4v) is 2.25. The van der Waals surface area contributed by atoms with Gasteiger partial charge in [0.25, 0.3) is 0 Å². The number of allylic oxidation sites excluding steroid dienone is 2. The summed E-state index contributed by atoms with van der Waals surface area (Å²) >= 11 is 0. The molecule has 0 heterocycles. The van der Waals surface area contributed by atoms with Crippen molar-refractivity contribution in [2.45, 2.75) is 47.6 Å². The molecule has 0 saturated heterocycles. The van der Waals surface area contributed by atoms with Crippen LogP contribution in [0.25, 0.3) is 11.1 Å². The van der Waals surface area contributed by atoms with Crippen LogP contribution in [-0.4, -0.2) is 39.1 Å². The second-order valence-corrected chi connectivity index (χ2v) is 7.31. The third kappa shape index (κ3) is 10.8. The van der Waals surface area contributed by atoms with Crippen LogP contribution in [-0.2, 0) is 18.9 Å². The Labute approximate surface area is 165 Å². The molecule has 27 heavy (non-hydrogen) atoms. The molecule has 0 N–H and O–H groups in total. The molecule has 0 amide bonds. The highest BCUT2D eigenvalue weighted by Gasteiger charge is 2.02. The SMILES string of the molecule is C/C(=C\OCCOCCOC(C)C)c1cccc(/C(C)=C/OCC(C)C)c1. The van der Waals surface area contributed by atoms with E-state index in [0.717, 1.165) is 28.9 Å². The molecule has 0 aliphatic carbocycles. The third-order valence-corrected chi connectivity index (χ3v) is 3.75. The van der Waals surface area contributed by atoms with Crippen LogP contribution >= 0.6 is 0 Å². The van der Waals surface area contributed by atoms with Gasteiger partial charge in [0.05, 0.1) is 45.1 Å². The van der Waals surface area contributed by atoms with E-state index >= 15 is 0 Å². The van der Waals surface area contributed by atoms with E-state index in [-0.39, 0.29) is 6.10 Å². The van der Waals surface area contributed by atoms with E-state index in [1.165, 1.54) is 0 Å². The Morgan fingerprint density at radius 1 is 0.852 bits per heavy atom. The van der Waals surface area contributed by atoms with Crippen molar-refractivity contribution in [3.8, 4) is 0 Å². The van der Waals surface area contributed by atoms with Crippen LogP contribution in [0.3, 0.4) is 0 Å². The lowest BCUT2D eigenvalue weighted by molar-refractivity contribution is 0.00884. The van der Waals surface area contributed by atoms with Crippen LogP contribution < -0.4 is 0 Å². The van der Waals surface area contributed by atoms with E-state index in [1.807, 2.05) is 27.0 Å². The highest BCUT2D eigenvalue weighted by atomic mass is 16.5. The van der Waals surface area contributed by atoms with Crippen LogP contribution in [0.1, 0.15) is 52.7 Å². The first-order valence-corrected chi connectivity index (χ1v) is 9.77. The fourth-order valence-electron chi connectivity index (χ4n) is 2.25. The maximum absolute atomic E-state index is 5.62. The topological polar surface area (TPSA) is 36.9 Å². The minimum Gasteiger partial charge on any atom is -0.501 e. The summed E-state index contributed by atoms with van der Waals surface area (Å²) in [5, 5.41) is 0. The van der Waals surface area contributed by atoms with Gasteiger partial charge in [0.15, 0.2) is 0 Å². The maximum Gasteiger partial charge on any atom is 0.111 e. The molecule has 0 aliphatic heterocycles. The summed E-state index contributed by atoms with van der Waals surface area (Å²) in [6.07, 6.45) is 3.88. The van der Waals surface area contributed by atoms with Gasteiger partial charge in [0.2, 0.25) is 0 Å². The van der Waals surface area contributed by atoms with Gasteiger partial charge in [-0.15, -0.1) is 0 Å². The Bertz CT molecular complexity index is 588. The standard InChI is InChI=1S/C23H36O4/c1-18(2)15-26-17-21(6)23-9-7-8-22(14-23)20(5)16-25-11-10-24-12-13-27-19(3)4/h7-9,14,16-19H,10-13,15H2,1-6H3/b20-16+,21-17+. The number of ether oxygens (including phenoxy) is 4. The smallest absolute Gasteiger partial charge is 0.111 e.